The van der Waals surface area contributed by atoms with E-state index in [1.807, 2.05) is 0 Å². The maximum atomic E-state index is 12.8. The molecule has 4 rings (SSSR count). The number of benzene rings is 1. The molecule has 1 N–H and O–H groups in total. The molecule has 0 spiro atoms. The van der Waals surface area contributed by atoms with E-state index in [1.165, 1.54) is 29.0 Å². The maximum Gasteiger partial charge on any atom is 0.396 e. The number of fused-ring (bicyclic) bond motifs is 1. The molecule has 150 valence electrons. The number of ether oxygens (including phenoxy) is 1. The molecule has 1 aliphatic rings. The molecule has 0 aliphatic carbocycles. The third-order valence-electron chi connectivity index (χ3n) is 4.36. The van der Waals surface area contributed by atoms with Gasteiger partial charge in [0.05, 0.1) is 10.1 Å². The molecule has 29 heavy (non-hydrogen) atoms. The van der Waals surface area contributed by atoms with Gasteiger partial charge in [-0.3, -0.25) is 4.40 Å². The van der Waals surface area contributed by atoms with Crippen molar-refractivity contribution in [3.8, 4) is 16.9 Å². The monoisotopic (exact) mass is 441 g/mol. The minimum atomic E-state index is -4.42. The van der Waals surface area contributed by atoms with Crippen molar-refractivity contribution in [2.45, 2.75) is 12.6 Å². The van der Waals surface area contributed by atoms with Crippen LogP contribution >= 0.6 is 23.2 Å². The number of aromatic hydroxyl groups is 1. The Kier molecular flexibility index (Phi) is 4.92. The first-order valence-electron chi connectivity index (χ1n) is 8.35. The lowest BCUT2D eigenvalue weighted by molar-refractivity contribution is -0.128. The Hall–Kier alpha value is -2.71. The summed E-state index contributed by atoms with van der Waals surface area (Å²) in [5.41, 5.74) is 2.47. The zero-order valence-electron chi connectivity index (χ0n) is 14.5. The zero-order chi connectivity index (χ0) is 20.8. The van der Waals surface area contributed by atoms with Gasteiger partial charge in [0.2, 0.25) is 0 Å². The number of pyridine rings is 1. The summed E-state index contributed by atoms with van der Waals surface area (Å²) in [4.78, 5) is 0. The highest BCUT2D eigenvalue weighted by atomic mass is 35.5. The summed E-state index contributed by atoms with van der Waals surface area (Å²) in [6.45, 7) is 0.304. The predicted molar refractivity (Wildman–Crippen MR) is 103 cm³/mol. The molecule has 1 aromatic carbocycles. The van der Waals surface area contributed by atoms with Crippen LogP contribution in [0.15, 0.2) is 47.8 Å². The molecule has 0 saturated carbocycles. The molecular formula is C19H12Cl2F3N3O2. The van der Waals surface area contributed by atoms with E-state index >= 15 is 0 Å². The summed E-state index contributed by atoms with van der Waals surface area (Å²) in [6.07, 6.45) is -1.05. The number of hydrogen-bond acceptors (Lipinski definition) is 4. The van der Waals surface area contributed by atoms with E-state index in [0.29, 0.717) is 33.9 Å². The van der Waals surface area contributed by atoms with Crippen molar-refractivity contribution in [3.63, 3.8) is 0 Å². The smallest absolute Gasteiger partial charge is 0.396 e. The van der Waals surface area contributed by atoms with Crippen molar-refractivity contribution in [2.75, 3.05) is 6.61 Å². The van der Waals surface area contributed by atoms with Crippen molar-refractivity contribution < 1.29 is 23.0 Å². The average Bonchev–Trinajstić information content (AvgIpc) is 3.05. The highest BCUT2D eigenvalue weighted by molar-refractivity contribution is 6.38. The van der Waals surface area contributed by atoms with Gasteiger partial charge in [-0.1, -0.05) is 29.3 Å². The Labute approximate surface area is 172 Å². The molecule has 1 aliphatic heterocycles. The van der Waals surface area contributed by atoms with Crippen LogP contribution in [-0.4, -0.2) is 32.5 Å². The van der Waals surface area contributed by atoms with Gasteiger partial charge in [0.25, 0.3) is 0 Å². The molecule has 0 saturated heterocycles. The van der Waals surface area contributed by atoms with Crippen LogP contribution in [0.5, 0.6) is 5.75 Å². The summed E-state index contributed by atoms with van der Waals surface area (Å²) >= 11 is 12.7. The molecule has 3 heterocycles. The van der Waals surface area contributed by atoms with Crippen molar-refractivity contribution >= 4 is 34.4 Å². The molecule has 10 heteroatoms. The maximum absolute atomic E-state index is 12.8. The largest absolute Gasteiger partial charge is 0.508 e. The molecule has 0 bridgehead atoms. The van der Waals surface area contributed by atoms with E-state index in [1.54, 1.807) is 18.2 Å². The molecule has 2 aromatic heterocycles. The van der Waals surface area contributed by atoms with Crippen LogP contribution in [0.1, 0.15) is 11.4 Å². The topological polar surface area (TPSA) is 59.7 Å². The highest BCUT2D eigenvalue weighted by Gasteiger charge is 2.31. The second-order valence-electron chi connectivity index (χ2n) is 6.29. The minimum absolute atomic E-state index is 0.0211. The highest BCUT2D eigenvalue weighted by Crippen LogP contribution is 2.40. The normalized spacial score (nSPS) is 14.5. The number of rotatable bonds is 3. The molecule has 0 fully saturated rings. The predicted octanol–water partition coefficient (Wildman–Crippen LogP) is 5.35. The molecule has 0 amide bonds. The molecular weight excluding hydrogens is 430 g/mol. The van der Waals surface area contributed by atoms with Gasteiger partial charge in [-0.2, -0.15) is 13.2 Å². The molecule has 0 radical (unpaired) electrons. The number of phenolic OH excluding ortho intramolecular Hbond substituents is 1. The van der Waals surface area contributed by atoms with Crippen molar-refractivity contribution in [1.29, 1.82) is 0 Å². The zero-order valence-corrected chi connectivity index (χ0v) is 16.1. The van der Waals surface area contributed by atoms with Crippen LogP contribution in [0.2, 0.25) is 5.02 Å². The Morgan fingerprint density at radius 3 is 2.62 bits per heavy atom. The fraction of sp³-hybridized carbons (Fsp3) is 0.158. The van der Waals surface area contributed by atoms with Crippen LogP contribution in [0.25, 0.3) is 22.3 Å². The Bertz CT molecular complexity index is 1170. The summed E-state index contributed by atoms with van der Waals surface area (Å²) in [5, 5.41) is 17.9. The van der Waals surface area contributed by atoms with E-state index in [-0.39, 0.29) is 22.2 Å². The van der Waals surface area contributed by atoms with Gasteiger partial charge >= 0.3 is 6.18 Å². The second kappa shape index (κ2) is 7.27. The first-order chi connectivity index (χ1) is 13.7. The molecule has 0 unspecified atom stereocenters. The molecule has 5 nitrogen and oxygen atoms in total. The van der Waals surface area contributed by atoms with Crippen molar-refractivity contribution in [2.24, 2.45) is 0 Å². The molecule has 3 aromatic rings. The quantitative estimate of drug-likeness (QED) is 0.594. The van der Waals surface area contributed by atoms with Gasteiger partial charge < -0.3 is 9.84 Å². The molecule has 0 atom stereocenters. The Morgan fingerprint density at radius 1 is 1.10 bits per heavy atom. The van der Waals surface area contributed by atoms with E-state index in [0.717, 1.165) is 0 Å². The van der Waals surface area contributed by atoms with E-state index in [4.69, 9.17) is 27.9 Å². The van der Waals surface area contributed by atoms with Crippen LogP contribution < -0.4 is 0 Å². The van der Waals surface area contributed by atoms with Crippen LogP contribution in [-0.2, 0) is 11.2 Å². The third-order valence-corrected chi connectivity index (χ3v) is 5.02. The minimum Gasteiger partial charge on any atom is -0.508 e. The lowest BCUT2D eigenvalue weighted by Gasteiger charge is -2.17. The first-order valence-corrected chi connectivity index (χ1v) is 9.10. The number of halogens is 5. The summed E-state index contributed by atoms with van der Waals surface area (Å²) < 4.78 is 44.6. The summed E-state index contributed by atoms with van der Waals surface area (Å²) in [6, 6.07) is 6.24. The summed E-state index contributed by atoms with van der Waals surface area (Å²) in [5.74, 6) is -0.238. The number of hydrogen-bond donors (Lipinski definition) is 1. The van der Waals surface area contributed by atoms with Crippen molar-refractivity contribution in [1.82, 2.24) is 14.6 Å². The van der Waals surface area contributed by atoms with Crippen LogP contribution in [0.3, 0.4) is 0 Å². The van der Waals surface area contributed by atoms with E-state index in [9.17, 15) is 18.3 Å². The number of allylic oxidation sites excluding steroid dienone is 2. The van der Waals surface area contributed by atoms with Gasteiger partial charge in [-0.15, -0.1) is 10.2 Å². The lowest BCUT2D eigenvalue weighted by Crippen LogP contribution is -2.14. The standard InChI is InChI=1S/C19H12Cl2F3N3O2/c20-15-9-29-6-4-12(15)14-7-10(28)1-2-11(14)13-3-5-27-16(8-19(22,23)24)25-26-18(27)17(13)21/h1-5,7,9,28H,6,8H2. The van der Waals surface area contributed by atoms with Gasteiger partial charge in [0.15, 0.2) is 5.65 Å². The average molecular weight is 442 g/mol. The van der Waals surface area contributed by atoms with Crippen molar-refractivity contribution in [3.05, 3.63) is 64.2 Å². The van der Waals surface area contributed by atoms with Gasteiger partial charge in [0.1, 0.15) is 30.9 Å². The number of phenols is 1. The Morgan fingerprint density at radius 2 is 1.90 bits per heavy atom. The lowest BCUT2D eigenvalue weighted by atomic mass is 9.93. The Balaban J connectivity index is 1.87. The van der Waals surface area contributed by atoms with Crippen LogP contribution in [0, 0.1) is 0 Å². The SMILES string of the molecule is Oc1ccc(-c2ccn3c(CC(F)(F)F)nnc3c2Cl)c(C2=CCOC=C2Cl)c1. The number of nitrogens with zero attached hydrogens (tertiary/aromatic N) is 3. The van der Waals surface area contributed by atoms with Gasteiger partial charge in [-0.25, -0.2) is 0 Å². The van der Waals surface area contributed by atoms with Gasteiger partial charge in [-0.05, 0) is 35.4 Å². The third kappa shape index (κ3) is 3.77. The van der Waals surface area contributed by atoms with Crippen LogP contribution in [0.4, 0.5) is 13.2 Å². The van der Waals surface area contributed by atoms with E-state index in [2.05, 4.69) is 10.2 Å². The summed E-state index contributed by atoms with van der Waals surface area (Å²) in [7, 11) is 0. The fourth-order valence-electron chi connectivity index (χ4n) is 3.12. The number of aromatic nitrogens is 3. The second-order valence-corrected chi connectivity index (χ2v) is 7.08. The van der Waals surface area contributed by atoms with Gasteiger partial charge in [0, 0.05) is 17.3 Å². The number of alkyl halides is 3. The van der Waals surface area contributed by atoms with E-state index < -0.39 is 12.6 Å². The first kappa shape index (κ1) is 19.6. The fourth-order valence-corrected chi connectivity index (χ4v) is 3.66.